The number of hydrogen-bond acceptors (Lipinski definition) is 8. The van der Waals surface area contributed by atoms with Crippen molar-refractivity contribution in [3.05, 3.63) is 56.1 Å². The molecule has 0 fully saturated rings. The van der Waals surface area contributed by atoms with E-state index in [0.29, 0.717) is 22.5 Å². The number of nitrogens with two attached hydrogens (primary N) is 1. The Hall–Kier alpha value is -3.15. The summed E-state index contributed by atoms with van der Waals surface area (Å²) in [6, 6.07) is 1.83. The van der Waals surface area contributed by atoms with Gasteiger partial charge in [0.05, 0.1) is 39.7 Å². The minimum atomic E-state index is -3.84. The first-order chi connectivity index (χ1) is 16.0. The number of esters is 1. The van der Waals surface area contributed by atoms with Gasteiger partial charge < -0.3 is 20.1 Å². The Bertz CT molecular complexity index is 1660. The van der Waals surface area contributed by atoms with Crippen molar-refractivity contribution in [2.75, 3.05) is 5.75 Å². The molecule has 3 aliphatic heterocycles. The fourth-order valence-electron chi connectivity index (χ4n) is 5.51. The second-order valence-electron chi connectivity index (χ2n) is 9.05. The number of fused-ring (bicyclic) bond motifs is 5. The van der Waals surface area contributed by atoms with Gasteiger partial charge in [0.2, 0.25) is 0 Å². The summed E-state index contributed by atoms with van der Waals surface area (Å²) in [6.45, 7) is 2.83. The molecule has 3 N–H and O–H groups in total. The summed E-state index contributed by atoms with van der Waals surface area (Å²) >= 11 is 0. The molecule has 0 saturated heterocycles. The van der Waals surface area contributed by atoms with Gasteiger partial charge in [-0.15, -0.1) is 0 Å². The summed E-state index contributed by atoms with van der Waals surface area (Å²) in [5.74, 6) is -1.93. The van der Waals surface area contributed by atoms with Crippen molar-refractivity contribution in [3.63, 3.8) is 0 Å². The zero-order valence-electron chi connectivity index (χ0n) is 18.3. The van der Waals surface area contributed by atoms with Crippen LogP contribution < -0.4 is 11.3 Å². The zero-order chi connectivity index (χ0) is 24.3. The van der Waals surface area contributed by atoms with E-state index >= 15 is 0 Å². The molecule has 0 unspecified atom stereocenters. The molecule has 0 saturated carbocycles. The molecular weight excluding hydrogens is 465 g/mol. The van der Waals surface area contributed by atoms with Crippen LogP contribution >= 0.6 is 0 Å². The Morgan fingerprint density at radius 2 is 2.06 bits per heavy atom. The van der Waals surface area contributed by atoms with Crippen molar-refractivity contribution < 1.29 is 27.4 Å². The van der Waals surface area contributed by atoms with Crippen molar-refractivity contribution in [2.45, 2.75) is 50.0 Å². The lowest BCUT2D eigenvalue weighted by molar-refractivity contribution is -0.172. The number of carbonyl (C=O) groups excluding carboxylic acids is 1. The van der Waals surface area contributed by atoms with E-state index in [4.69, 9.17) is 10.5 Å². The maximum absolute atomic E-state index is 14.7. The molecule has 0 spiro atoms. The van der Waals surface area contributed by atoms with Gasteiger partial charge in [0.25, 0.3) is 5.56 Å². The highest BCUT2D eigenvalue weighted by Gasteiger charge is 2.46. The van der Waals surface area contributed by atoms with Gasteiger partial charge in [-0.1, -0.05) is 6.92 Å². The number of cyclic esters (lactones) is 1. The molecule has 11 heteroatoms. The average Bonchev–Trinajstić information content (AvgIpc) is 3.13. The van der Waals surface area contributed by atoms with Crippen LogP contribution in [0.1, 0.15) is 47.2 Å². The zero-order valence-corrected chi connectivity index (χ0v) is 19.1. The highest BCUT2D eigenvalue weighted by Crippen LogP contribution is 2.46. The molecule has 1 aromatic carbocycles. The SMILES string of the molecule is CC[C@@]1(O)C(=O)OCc2c1cc1n(c2=O)Cc2c-1nc1cc(F)c(C)c3c1c2[C@@H](N)CS3(=O)=O. The number of ether oxygens (including phenoxy) is 1. The number of halogens is 1. The second-order valence-corrected chi connectivity index (χ2v) is 11.0. The highest BCUT2D eigenvalue weighted by atomic mass is 32.2. The molecule has 2 atom stereocenters. The highest BCUT2D eigenvalue weighted by molar-refractivity contribution is 7.91. The predicted molar refractivity (Wildman–Crippen MR) is 118 cm³/mol. The van der Waals surface area contributed by atoms with Gasteiger partial charge in [-0.2, -0.15) is 0 Å². The molecule has 3 aromatic rings. The molecule has 9 nitrogen and oxygen atoms in total. The number of sulfone groups is 1. The summed E-state index contributed by atoms with van der Waals surface area (Å²) in [5, 5.41) is 11.3. The lowest BCUT2D eigenvalue weighted by Gasteiger charge is -2.31. The monoisotopic (exact) mass is 485 g/mol. The Balaban J connectivity index is 1.73. The van der Waals surface area contributed by atoms with Gasteiger partial charge in [0.15, 0.2) is 15.4 Å². The largest absolute Gasteiger partial charge is 0.458 e. The van der Waals surface area contributed by atoms with Crippen molar-refractivity contribution in [1.29, 1.82) is 0 Å². The molecule has 2 aromatic heterocycles. The number of carbonyl (C=O) groups is 1. The number of aromatic nitrogens is 2. The van der Waals surface area contributed by atoms with Gasteiger partial charge in [-0.05, 0) is 25.0 Å². The number of aliphatic hydroxyl groups is 1. The normalized spacial score (nSPS) is 23.9. The van der Waals surface area contributed by atoms with Gasteiger partial charge in [-0.3, -0.25) is 4.79 Å². The maximum Gasteiger partial charge on any atom is 0.343 e. The van der Waals surface area contributed by atoms with E-state index in [2.05, 4.69) is 4.98 Å². The molecular formula is C23H20FN3O6S. The molecule has 6 rings (SSSR count). The Morgan fingerprint density at radius 3 is 2.76 bits per heavy atom. The fraction of sp³-hybridized carbons (Fsp3) is 0.348. The summed E-state index contributed by atoms with van der Waals surface area (Å²) in [5.41, 5.74) is 6.17. The van der Waals surface area contributed by atoms with Crippen LogP contribution in [0.25, 0.3) is 22.3 Å². The number of hydrogen-bond donors (Lipinski definition) is 2. The second kappa shape index (κ2) is 6.49. The molecule has 34 heavy (non-hydrogen) atoms. The van der Waals surface area contributed by atoms with E-state index in [1.54, 1.807) is 13.0 Å². The summed E-state index contributed by atoms with van der Waals surface area (Å²) in [4.78, 5) is 30.2. The van der Waals surface area contributed by atoms with Crippen LogP contribution in [-0.4, -0.2) is 34.8 Å². The van der Waals surface area contributed by atoms with Gasteiger partial charge in [0, 0.05) is 34.2 Å². The van der Waals surface area contributed by atoms with E-state index in [1.165, 1.54) is 17.6 Å². The van der Waals surface area contributed by atoms with E-state index in [1.807, 2.05) is 0 Å². The quantitative estimate of drug-likeness (QED) is 0.385. The number of rotatable bonds is 1. The first-order valence-electron chi connectivity index (χ1n) is 10.8. The Kier molecular flexibility index (Phi) is 4.09. The number of benzene rings is 1. The van der Waals surface area contributed by atoms with E-state index in [9.17, 15) is 27.5 Å². The first-order valence-corrected chi connectivity index (χ1v) is 12.5. The van der Waals surface area contributed by atoms with Crippen molar-refractivity contribution in [1.82, 2.24) is 9.55 Å². The fourth-order valence-corrected chi connectivity index (χ4v) is 7.41. The Labute approximate surface area is 192 Å². The standard InChI is InChI=1S/C23H20FN3O6S/c1-3-23(30)12-4-16-19-10(6-27(16)21(28)11(12)7-33-22(23)29)17-14(25)8-34(31,32)20-9(2)13(24)5-15(26-19)18(17)20/h4-5,14,30H,3,6-8,25H2,1-2H3/t14-,23-/m0/s1. The van der Waals surface area contributed by atoms with Crippen LogP contribution in [0.4, 0.5) is 4.39 Å². The summed E-state index contributed by atoms with van der Waals surface area (Å²) in [6.07, 6.45) is 0.00155. The van der Waals surface area contributed by atoms with E-state index in [-0.39, 0.29) is 52.1 Å². The molecule has 0 bridgehead atoms. The van der Waals surface area contributed by atoms with Crippen molar-refractivity contribution in [3.8, 4) is 11.4 Å². The minimum absolute atomic E-state index is 0.00155. The van der Waals surface area contributed by atoms with Crippen LogP contribution in [0, 0.1) is 12.7 Å². The predicted octanol–water partition coefficient (Wildman–Crippen LogP) is 1.31. The van der Waals surface area contributed by atoms with Crippen LogP contribution in [0.5, 0.6) is 0 Å². The van der Waals surface area contributed by atoms with Gasteiger partial charge in [-0.25, -0.2) is 22.6 Å². The van der Waals surface area contributed by atoms with Crippen LogP contribution in [0.3, 0.4) is 0 Å². The number of pyridine rings is 2. The number of nitrogens with zero attached hydrogens (tertiary/aromatic N) is 2. The molecule has 176 valence electrons. The first kappa shape index (κ1) is 21.4. The van der Waals surface area contributed by atoms with Gasteiger partial charge in [0.1, 0.15) is 12.4 Å². The summed E-state index contributed by atoms with van der Waals surface area (Å²) in [7, 11) is -3.84. The third kappa shape index (κ3) is 2.44. The van der Waals surface area contributed by atoms with Crippen LogP contribution in [-0.2, 0) is 38.1 Å². The third-order valence-electron chi connectivity index (χ3n) is 7.24. The smallest absolute Gasteiger partial charge is 0.343 e. The molecule has 0 aliphatic carbocycles. The molecule has 0 radical (unpaired) electrons. The minimum Gasteiger partial charge on any atom is -0.458 e. The van der Waals surface area contributed by atoms with Gasteiger partial charge >= 0.3 is 5.97 Å². The van der Waals surface area contributed by atoms with Crippen molar-refractivity contribution >= 4 is 26.7 Å². The van der Waals surface area contributed by atoms with E-state index < -0.39 is 44.6 Å². The molecule has 5 heterocycles. The van der Waals surface area contributed by atoms with Crippen molar-refractivity contribution in [2.24, 2.45) is 5.73 Å². The lowest BCUT2D eigenvalue weighted by Crippen LogP contribution is -2.44. The topological polar surface area (TPSA) is 142 Å². The molecule has 0 amide bonds. The molecule has 3 aliphatic rings. The maximum atomic E-state index is 14.7. The van der Waals surface area contributed by atoms with Crippen LogP contribution in [0.2, 0.25) is 0 Å². The summed E-state index contributed by atoms with van der Waals surface area (Å²) < 4.78 is 47.1. The van der Waals surface area contributed by atoms with Crippen LogP contribution in [0.15, 0.2) is 21.8 Å². The Morgan fingerprint density at radius 1 is 1.32 bits per heavy atom. The average molecular weight is 485 g/mol. The van der Waals surface area contributed by atoms with E-state index in [0.717, 1.165) is 0 Å². The third-order valence-corrected chi connectivity index (χ3v) is 9.17. The lowest BCUT2D eigenvalue weighted by atomic mass is 9.86.